The first kappa shape index (κ1) is 23.7. The molecule has 9 unspecified atom stereocenters. The van der Waals surface area contributed by atoms with Crippen LogP contribution in [-0.2, 0) is 23.9 Å². The van der Waals surface area contributed by atoms with Gasteiger partial charge in [0, 0.05) is 30.1 Å². The summed E-state index contributed by atoms with van der Waals surface area (Å²) >= 11 is 0. The van der Waals surface area contributed by atoms with E-state index < -0.39 is 45.3 Å². The van der Waals surface area contributed by atoms with Crippen molar-refractivity contribution in [2.24, 2.45) is 28.6 Å². The molecule has 2 bridgehead atoms. The summed E-state index contributed by atoms with van der Waals surface area (Å²) in [5.41, 5.74) is -4.46. The van der Waals surface area contributed by atoms with Crippen LogP contribution in [0.1, 0.15) is 73.6 Å². The van der Waals surface area contributed by atoms with E-state index in [1.165, 1.54) is 6.08 Å². The van der Waals surface area contributed by atoms with Gasteiger partial charge in [0.1, 0.15) is 23.1 Å². The molecule has 35 heavy (non-hydrogen) atoms. The SMILES string of the molecule is CC1C(O)C2(OC1(C)C)OC13CCC(C2C)C1(C)C(=O)C=C1C3=CC(=O)C2(O)CC(=O)CCC12C. The highest BCUT2D eigenvalue weighted by atomic mass is 16.7. The van der Waals surface area contributed by atoms with Crippen molar-refractivity contribution < 1.29 is 34.1 Å². The van der Waals surface area contributed by atoms with Crippen LogP contribution in [0.5, 0.6) is 0 Å². The van der Waals surface area contributed by atoms with Gasteiger partial charge in [-0.3, -0.25) is 14.4 Å². The summed E-state index contributed by atoms with van der Waals surface area (Å²) in [7, 11) is 0. The first-order valence-electron chi connectivity index (χ1n) is 13.0. The zero-order valence-electron chi connectivity index (χ0n) is 21.4. The van der Waals surface area contributed by atoms with Crippen molar-refractivity contribution in [3.05, 3.63) is 23.3 Å². The van der Waals surface area contributed by atoms with Crippen LogP contribution in [0.2, 0.25) is 0 Å². The molecule has 7 nitrogen and oxygen atoms in total. The molecular formula is C28H36O7. The minimum atomic E-state index is -1.88. The van der Waals surface area contributed by atoms with E-state index in [1.807, 2.05) is 34.6 Å². The van der Waals surface area contributed by atoms with Gasteiger partial charge in [0.15, 0.2) is 17.4 Å². The number of allylic oxidation sites excluding steroid dienone is 1. The van der Waals surface area contributed by atoms with E-state index in [1.54, 1.807) is 13.0 Å². The zero-order chi connectivity index (χ0) is 25.6. The van der Waals surface area contributed by atoms with E-state index in [-0.39, 0.29) is 48.6 Å². The van der Waals surface area contributed by atoms with E-state index in [4.69, 9.17) is 9.47 Å². The van der Waals surface area contributed by atoms with E-state index in [0.29, 0.717) is 24.0 Å². The number of Topliss-reactive ketones (excluding diaryl/α,β-unsaturated/α-hetero) is 1. The van der Waals surface area contributed by atoms with Gasteiger partial charge < -0.3 is 19.7 Å². The maximum absolute atomic E-state index is 14.0. The predicted octanol–water partition coefficient (Wildman–Crippen LogP) is 2.82. The molecule has 4 fully saturated rings. The number of hydrogen-bond acceptors (Lipinski definition) is 7. The number of aliphatic hydroxyl groups excluding tert-OH is 1. The minimum absolute atomic E-state index is 0.0801. The summed E-state index contributed by atoms with van der Waals surface area (Å²) in [5.74, 6) is -2.62. The van der Waals surface area contributed by atoms with Gasteiger partial charge >= 0.3 is 0 Å². The summed E-state index contributed by atoms with van der Waals surface area (Å²) in [4.78, 5) is 39.9. The third kappa shape index (κ3) is 2.32. The number of ether oxygens (including phenoxy) is 2. The molecule has 2 N–H and O–H groups in total. The average molecular weight is 485 g/mol. The summed E-state index contributed by atoms with van der Waals surface area (Å²) in [5, 5.41) is 23.1. The van der Waals surface area contributed by atoms with Gasteiger partial charge in [-0.25, -0.2) is 0 Å². The highest BCUT2D eigenvalue weighted by molar-refractivity contribution is 6.09. The molecule has 2 saturated carbocycles. The first-order valence-corrected chi connectivity index (χ1v) is 13.0. The number of ketones is 3. The maximum atomic E-state index is 14.0. The second kappa shape index (κ2) is 6.42. The molecular weight excluding hydrogens is 448 g/mol. The number of hydrogen-bond donors (Lipinski definition) is 2. The summed E-state index contributed by atoms with van der Waals surface area (Å²) < 4.78 is 13.6. The number of rotatable bonds is 0. The Labute approximate surface area is 205 Å². The molecule has 0 aromatic rings. The quantitative estimate of drug-likeness (QED) is 0.544. The lowest BCUT2D eigenvalue weighted by Gasteiger charge is -2.63. The molecule has 6 aliphatic rings. The molecule has 0 aromatic carbocycles. The molecule has 2 saturated heterocycles. The van der Waals surface area contributed by atoms with Crippen molar-refractivity contribution in [2.75, 3.05) is 0 Å². The standard InChI is InChI=1S/C28H36O7/c1-14-17-8-10-27(35-28(14)22(32)15(2)23(3,4)34-28)19-12-21(31)26(33)13-16(29)7-9-24(26,5)18(19)11-20(30)25(17,27)6/h11-12,14-15,17,22,32-33H,7-10,13H2,1-6H3. The molecule has 6 rings (SSSR count). The van der Waals surface area contributed by atoms with Gasteiger partial charge in [-0.05, 0) is 69.2 Å². The fraction of sp³-hybridized carbons (Fsp3) is 0.750. The molecule has 4 aliphatic carbocycles. The van der Waals surface area contributed by atoms with E-state index in [0.717, 1.165) is 0 Å². The average Bonchev–Trinajstić information content (AvgIpc) is 3.11. The molecule has 2 aliphatic heterocycles. The molecule has 7 heteroatoms. The van der Waals surface area contributed by atoms with Gasteiger partial charge in [-0.1, -0.05) is 20.8 Å². The van der Waals surface area contributed by atoms with Crippen molar-refractivity contribution in [2.45, 2.75) is 102 Å². The molecule has 1 spiro atoms. The molecule has 2 heterocycles. The first-order chi connectivity index (χ1) is 16.1. The third-order valence-electron chi connectivity index (χ3n) is 11.4. The smallest absolute Gasteiger partial charge is 0.199 e. The van der Waals surface area contributed by atoms with Crippen molar-refractivity contribution in [3.8, 4) is 0 Å². The van der Waals surface area contributed by atoms with Crippen LogP contribution in [0.4, 0.5) is 0 Å². The Bertz CT molecular complexity index is 1150. The van der Waals surface area contributed by atoms with Gasteiger partial charge in [0.2, 0.25) is 0 Å². The number of aliphatic hydroxyl groups is 2. The van der Waals surface area contributed by atoms with Crippen LogP contribution >= 0.6 is 0 Å². The van der Waals surface area contributed by atoms with Crippen LogP contribution in [0.25, 0.3) is 0 Å². The van der Waals surface area contributed by atoms with Gasteiger partial charge in [0.05, 0.1) is 11.0 Å². The van der Waals surface area contributed by atoms with Crippen LogP contribution in [0.15, 0.2) is 23.3 Å². The fourth-order valence-corrected chi connectivity index (χ4v) is 8.71. The van der Waals surface area contributed by atoms with Gasteiger partial charge in [0.25, 0.3) is 0 Å². The normalized spacial score (nSPS) is 54.2. The van der Waals surface area contributed by atoms with Crippen LogP contribution in [0.3, 0.4) is 0 Å². The van der Waals surface area contributed by atoms with E-state index in [2.05, 4.69) is 0 Å². The Morgan fingerprint density at radius 2 is 1.57 bits per heavy atom. The fourth-order valence-electron chi connectivity index (χ4n) is 8.71. The lowest BCUT2D eigenvalue weighted by Crippen LogP contribution is -2.71. The molecule has 190 valence electrons. The maximum Gasteiger partial charge on any atom is 0.199 e. The van der Waals surface area contributed by atoms with Crippen LogP contribution in [0, 0.1) is 28.6 Å². The van der Waals surface area contributed by atoms with Crippen molar-refractivity contribution in [1.29, 1.82) is 0 Å². The van der Waals surface area contributed by atoms with Crippen molar-refractivity contribution in [3.63, 3.8) is 0 Å². The zero-order valence-corrected chi connectivity index (χ0v) is 21.4. The topological polar surface area (TPSA) is 110 Å². The second-order valence-corrected chi connectivity index (χ2v) is 13.0. The summed E-state index contributed by atoms with van der Waals surface area (Å²) in [6.07, 6.45) is 3.63. The molecule has 0 radical (unpaired) electrons. The second-order valence-electron chi connectivity index (χ2n) is 13.0. The Kier molecular flexibility index (Phi) is 4.35. The number of carbonyl (C=O) groups excluding carboxylic acids is 3. The highest BCUT2D eigenvalue weighted by Crippen LogP contribution is 2.72. The monoisotopic (exact) mass is 484 g/mol. The van der Waals surface area contributed by atoms with Crippen molar-refractivity contribution in [1.82, 2.24) is 0 Å². The lowest BCUT2D eigenvalue weighted by atomic mass is 9.47. The van der Waals surface area contributed by atoms with E-state index >= 15 is 0 Å². The Morgan fingerprint density at radius 3 is 2.20 bits per heavy atom. The lowest BCUT2D eigenvalue weighted by molar-refractivity contribution is -0.369. The Morgan fingerprint density at radius 1 is 0.914 bits per heavy atom. The van der Waals surface area contributed by atoms with Gasteiger partial charge in [-0.15, -0.1) is 0 Å². The third-order valence-corrected chi connectivity index (χ3v) is 11.4. The summed E-state index contributed by atoms with van der Waals surface area (Å²) in [6.45, 7) is 11.6. The van der Waals surface area contributed by atoms with Crippen molar-refractivity contribution >= 4 is 17.3 Å². The minimum Gasteiger partial charge on any atom is -0.387 e. The number of carbonyl (C=O) groups is 3. The van der Waals surface area contributed by atoms with Crippen LogP contribution < -0.4 is 0 Å². The Hall–Kier alpha value is -1.67. The number of fused-ring (bicyclic) bond motifs is 3. The van der Waals surface area contributed by atoms with Gasteiger partial charge in [-0.2, -0.15) is 0 Å². The highest BCUT2D eigenvalue weighted by Gasteiger charge is 2.79. The molecule has 9 atom stereocenters. The Balaban J connectivity index is 1.59. The predicted molar refractivity (Wildman–Crippen MR) is 125 cm³/mol. The molecule has 0 amide bonds. The largest absolute Gasteiger partial charge is 0.387 e. The van der Waals surface area contributed by atoms with E-state index in [9.17, 15) is 24.6 Å². The summed E-state index contributed by atoms with van der Waals surface area (Å²) in [6, 6.07) is 0. The van der Waals surface area contributed by atoms with Crippen LogP contribution in [-0.4, -0.2) is 56.3 Å². The molecule has 0 aromatic heterocycles.